The number of H-pyrrole nitrogens is 2. The van der Waals surface area contributed by atoms with Gasteiger partial charge < -0.3 is 9.97 Å². The zero-order valence-electron chi connectivity index (χ0n) is 10.7. The van der Waals surface area contributed by atoms with Crippen LogP contribution >= 0.6 is 11.6 Å². The number of nitrogens with one attached hydrogen (secondary N) is 2. The third-order valence-electron chi connectivity index (χ3n) is 3.32. The molecule has 0 fully saturated rings. The lowest BCUT2D eigenvalue weighted by molar-refractivity contribution is 1.24. The SMILES string of the molecule is O=c1[nH]c2ccc(Cl)cc2cc1-c1nc2ncccc2[nH]1. The van der Waals surface area contributed by atoms with Crippen LogP contribution in [0.2, 0.25) is 5.02 Å². The van der Waals surface area contributed by atoms with Crippen LogP contribution in [0.15, 0.2) is 47.4 Å². The molecule has 21 heavy (non-hydrogen) atoms. The van der Waals surface area contributed by atoms with E-state index in [4.69, 9.17) is 11.6 Å². The number of halogens is 1. The quantitative estimate of drug-likeness (QED) is 0.567. The fraction of sp³-hybridized carbons (Fsp3) is 0. The molecule has 3 aromatic heterocycles. The van der Waals surface area contributed by atoms with Gasteiger partial charge in [0.15, 0.2) is 5.65 Å². The molecule has 1 aromatic carbocycles. The van der Waals surface area contributed by atoms with Crippen LogP contribution in [-0.4, -0.2) is 19.9 Å². The van der Waals surface area contributed by atoms with E-state index in [9.17, 15) is 4.79 Å². The van der Waals surface area contributed by atoms with E-state index in [1.165, 1.54) is 0 Å². The Hall–Kier alpha value is -2.66. The van der Waals surface area contributed by atoms with E-state index in [0.717, 1.165) is 16.4 Å². The third-order valence-corrected chi connectivity index (χ3v) is 3.55. The lowest BCUT2D eigenvalue weighted by Gasteiger charge is -2.01. The van der Waals surface area contributed by atoms with Crippen molar-refractivity contribution < 1.29 is 0 Å². The summed E-state index contributed by atoms with van der Waals surface area (Å²) in [5, 5.41) is 1.47. The number of nitrogens with zero attached hydrogens (tertiary/aromatic N) is 2. The van der Waals surface area contributed by atoms with Gasteiger partial charge in [0, 0.05) is 22.1 Å². The minimum atomic E-state index is -0.205. The maximum absolute atomic E-state index is 12.2. The van der Waals surface area contributed by atoms with Crippen LogP contribution in [0.4, 0.5) is 0 Å². The van der Waals surface area contributed by atoms with Gasteiger partial charge >= 0.3 is 0 Å². The highest BCUT2D eigenvalue weighted by molar-refractivity contribution is 6.31. The highest BCUT2D eigenvalue weighted by Gasteiger charge is 2.11. The molecule has 102 valence electrons. The van der Waals surface area contributed by atoms with Crippen LogP contribution in [0.3, 0.4) is 0 Å². The molecule has 5 nitrogen and oxygen atoms in total. The Kier molecular flexibility index (Phi) is 2.55. The summed E-state index contributed by atoms with van der Waals surface area (Å²) >= 11 is 6.00. The molecule has 0 atom stereocenters. The molecule has 0 saturated carbocycles. The van der Waals surface area contributed by atoms with Gasteiger partial charge in [-0.25, -0.2) is 9.97 Å². The Bertz CT molecular complexity index is 1000. The topological polar surface area (TPSA) is 74.4 Å². The number of fused-ring (bicyclic) bond motifs is 2. The monoisotopic (exact) mass is 296 g/mol. The first-order valence-electron chi connectivity index (χ1n) is 6.34. The number of rotatable bonds is 1. The molecule has 2 N–H and O–H groups in total. The van der Waals surface area contributed by atoms with Crippen molar-refractivity contribution in [2.45, 2.75) is 0 Å². The minimum Gasteiger partial charge on any atom is -0.336 e. The lowest BCUT2D eigenvalue weighted by atomic mass is 10.1. The second-order valence-electron chi connectivity index (χ2n) is 4.70. The molecule has 0 unspecified atom stereocenters. The van der Waals surface area contributed by atoms with Crippen LogP contribution in [0.25, 0.3) is 33.5 Å². The predicted molar refractivity (Wildman–Crippen MR) is 82.5 cm³/mol. The Morgan fingerprint density at radius 2 is 1.95 bits per heavy atom. The standard InChI is InChI=1S/C15H9ClN4O/c16-9-3-4-11-8(6-9)7-10(15(21)19-11)13-18-12-2-1-5-17-14(12)20-13/h1-7H,(H,19,21)(H,17,18,20). The molecular formula is C15H9ClN4O. The molecule has 0 spiro atoms. The smallest absolute Gasteiger partial charge is 0.259 e. The van der Waals surface area contributed by atoms with Crippen LogP contribution < -0.4 is 5.56 Å². The van der Waals surface area contributed by atoms with Gasteiger partial charge in [-0.1, -0.05) is 11.6 Å². The van der Waals surface area contributed by atoms with Crippen molar-refractivity contribution in [2.24, 2.45) is 0 Å². The largest absolute Gasteiger partial charge is 0.336 e. The van der Waals surface area contributed by atoms with Gasteiger partial charge in [0.2, 0.25) is 0 Å². The van der Waals surface area contributed by atoms with E-state index in [2.05, 4.69) is 19.9 Å². The fourth-order valence-corrected chi connectivity index (χ4v) is 2.51. The first kappa shape index (κ1) is 12.1. The second kappa shape index (κ2) is 4.43. The molecule has 4 rings (SSSR count). The summed E-state index contributed by atoms with van der Waals surface area (Å²) in [6.07, 6.45) is 1.66. The van der Waals surface area contributed by atoms with E-state index in [0.29, 0.717) is 22.1 Å². The number of pyridine rings is 2. The second-order valence-corrected chi connectivity index (χ2v) is 5.14. The predicted octanol–water partition coefficient (Wildman–Crippen LogP) is 3.12. The Morgan fingerprint density at radius 3 is 2.81 bits per heavy atom. The fourth-order valence-electron chi connectivity index (χ4n) is 2.33. The summed E-state index contributed by atoms with van der Waals surface area (Å²) in [6.45, 7) is 0. The van der Waals surface area contributed by atoms with Gasteiger partial charge in [-0.3, -0.25) is 4.79 Å². The molecular weight excluding hydrogens is 288 g/mol. The van der Waals surface area contributed by atoms with Crippen molar-refractivity contribution in [1.29, 1.82) is 0 Å². The number of hydrogen-bond acceptors (Lipinski definition) is 3. The molecule has 0 aliphatic carbocycles. The van der Waals surface area contributed by atoms with Gasteiger partial charge in [0.25, 0.3) is 5.56 Å². The molecule has 3 heterocycles. The zero-order valence-corrected chi connectivity index (χ0v) is 11.5. The van der Waals surface area contributed by atoms with Crippen LogP contribution in [0, 0.1) is 0 Å². The van der Waals surface area contributed by atoms with E-state index in [1.54, 1.807) is 30.5 Å². The van der Waals surface area contributed by atoms with Gasteiger partial charge in [0.05, 0.1) is 11.1 Å². The molecule has 0 aliphatic rings. The Balaban J connectivity index is 2.00. The maximum atomic E-state index is 12.2. The van der Waals surface area contributed by atoms with Crippen molar-refractivity contribution in [3.05, 3.63) is 58.0 Å². The van der Waals surface area contributed by atoms with Crippen LogP contribution in [0.5, 0.6) is 0 Å². The summed E-state index contributed by atoms with van der Waals surface area (Å²) in [5.74, 6) is 0.492. The first-order chi connectivity index (χ1) is 10.2. The number of benzene rings is 1. The van der Waals surface area contributed by atoms with Gasteiger partial charge in [-0.2, -0.15) is 0 Å². The van der Waals surface area contributed by atoms with Crippen molar-refractivity contribution in [1.82, 2.24) is 19.9 Å². The van der Waals surface area contributed by atoms with Gasteiger partial charge in [0.1, 0.15) is 5.82 Å². The van der Waals surface area contributed by atoms with Crippen LogP contribution in [0.1, 0.15) is 0 Å². The summed E-state index contributed by atoms with van der Waals surface area (Å²) in [6, 6.07) is 10.8. The third kappa shape index (κ3) is 1.98. The molecule has 0 radical (unpaired) electrons. The average Bonchev–Trinajstić information content (AvgIpc) is 2.90. The van der Waals surface area contributed by atoms with E-state index >= 15 is 0 Å². The van der Waals surface area contributed by atoms with Gasteiger partial charge in [-0.15, -0.1) is 0 Å². The molecule has 4 aromatic rings. The summed E-state index contributed by atoms with van der Waals surface area (Å²) < 4.78 is 0. The van der Waals surface area contributed by atoms with Gasteiger partial charge in [-0.05, 0) is 36.4 Å². The number of aromatic amines is 2. The number of aromatic nitrogens is 4. The van der Waals surface area contributed by atoms with Crippen molar-refractivity contribution in [2.75, 3.05) is 0 Å². The van der Waals surface area contributed by atoms with E-state index in [1.807, 2.05) is 12.1 Å². The van der Waals surface area contributed by atoms with E-state index < -0.39 is 0 Å². The van der Waals surface area contributed by atoms with E-state index in [-0.39, 0.29) is 5.56 Å². The average molecular weight is 297 g/mol. The van der Waals surface area contributed by atoms with Crippen molar-refractivity contribution in [3.8, 4) is 11.4 Å². The summed E-state index contributed by atoms with van der Waals surface area (Å²) in [5.41, 5.74) is 2.37. The molecule has 0 bridgehead atoms. The highest BCUT2D eigenvalue weighted by atomic mass is 35.5. The van der Waals surface area contributed by atoms with Crippen molar-refractivity contribution >= 4 is 33.7 Å². The summed E-state index contributed by atoms with van der Waals surface area (Å²) in [7, 11) is 0. The molecule has 0 amide bonds. The Labute approximate surface area is 123 Å². The molecule has 0 saturated heterocycles. The van der Waals surface area contributed by atoms with Crippen molar-refractivity contribution in [3.63, 3.8) is 0 Å². The number of imidazole rings is 1. The highest BCUT2D eigenvalue weighted by Crippen LogP contribution is 2.21. The Morgan fingerprint density at radius 1 is 1.05 bits per heavy atom. The first-order valence-corrected chi connectivity index (χ1v) is 6.72. The summed E-state index contributed by atoms with van der Waals surface area (Å²) in [4.78, 5) is 26.7. The minimum absolute atomic E-state index is 0.205. The zero-order chi connectivity index (χ0) is 14.4. The van der Waals surface area contributed by atoms with Crippen LogP contribution in [-0.2, 0) is 0 Å². The molecule has 6 heteroatoms. The lowest BCUT2D eigenvalue weighted by Crippen LogP contribution is -2.09. The number of hydrogen-bond donors (Lipinski definition) is 2. The molecule has 0 aliphatic heterocycles. The maximum Gasteiger partial charge on any atom is 0.259 e. The normalized spacial score (nSPS) is 11.3.